The van der Waals surface area contributed by atoms with E-state index in [-0.39, 0.29) is 11.0 Å². The molecule has 0 aliphatic carbocycles. The Kier molecular flexibility index (Phi) is 5.16. The molecule has 2 N–H and O–H groups in total. The largest absolute Gasteiger partial charge is 0.332 e. The molecule has 22 heavy (non-hydrogen) atoms. The van der Waals surface area contributed by atoms with Gasteiger partial charge in [-0.3, -0.25) is 10.1 Å². The van der Waals surface area contributed by atoms with Gasteiger partial charge in [-0.2, -0.15) is 0 Å². The highest BCUT2D eigenvalue weighted by Gasteiger charge is 2.11. The molecule has 0 spiro atoms. The molecule has 0 aliphatic heterocycles. The fourth-order valence-corrected chi connectivity index (χ4v) is 2.51. The topological polar surface area (TPSA) is 41.1 Å². The van der Waals surface area contributed by atoms with E-state index in [1.807, 2.05) is 45.0 Å². The fourth-order valence-electron chi connectivity index (χ4n) is 2.14. The molecule has 114 valence electrons. The van der Waals surface area contributed by atoms with Crippen molar-refractivity contribution in [3.63, 3.8) is 0 Å². The molecule has 3 nitrogen and oxygen atoms in total. The summed E-state index contributed by atoms with van der Waals surface area (Å²) < 4.78 is 0. The van der Waals surface area contributed by atoms with Crippen LogP contribution in [0.2, 0.25) is 5.02 Å². The van der Waals surface area contributed by atoms with E-state index in [0.29, 0.717) is 10.6 Å². The van der Waals surface area contributed by atoms with Crippen molar-refractivity contribution in [2.75, 3.05) is 5.32 Å². The summed E-state index contributed by atoms with van der Waals surface area (Å²) in [6.07, 6.45) is 0. The lowest BCUT2D eigenvalue weighted by molar-refractivity contribution is 0.0977. The van der Waals surface area contributed by atoms with E-state index in [0.717, 1.165) is 22.4 Å². The number of hydrogen-bond donors (Lipinski definition) is 2. The second kappa shape index (κ2) is 6.90. The summed E-state index contributed by atoms with van der Waals surface area (Å²) >= 11 is 11.3. The van der Waals surface area contributed by atoms with Gasteiger partial charge in [0.15, 0.2) is 5.11 Å². The minimum Gasteiger partial charge on any atom is -0.332 e. The Balaban J connectivity index is 2.08. The quantitative estimate of drug-likeness (QED) is 0.801. The van der Waals surface area contributed by atoms with Crippen LogP contribution in [-0.2, 0) is 0 Å². The van der Waals surface area contributed by atoms with Crippen LogP contribution in [0.5, 0.6) is 0 Å². The SMILES string of the molecule is Cc1ccc(C(=O)NC(=S)Nc2cccc(Cl)c2C)c(C)c1. The number of benzene rings is 2. The molecule has 2 aromatic rings. The first-order valence-corrected chi connectivity index (χ1v) is 7.62. The molecule has 0 atom stereocenters. The summed E-state index contributed by atoms with van der Waals surface area (Å²) in [4.78, 5) is 12.3. The van der Waals surface area contributed by atoms with Crippen molar-refractivity contribution in [1.82, 2.24) is 5.32 Å². The van der Waals surface area contributed by atoms with E-state index < -0.39 is 0 Å². The zero-order valence-electron chi connectivity index (χ0n) is 12.7. The predicted molar refractivity (Wildman–Crippen MR) is 95.8 cm³/mol. The van der Waals surface area contributed by atoms with Crippen molar-refractivity contribution in [1.29, 1.82) is 0 Å². The van der Waals surface area contributed by atoms with Crippen LogP contribution in [0.1, 0.15) is 27.0 Å². The Morgan fingerprint density at radius 1 is 1.14 bits per heavy atom. The second-order valence-electron chi connectivity index (χ2n) is 5.14. The zero-order chi connectivity index (χ0) is 16.3. The van der Waals surface area contributed by atoms with Crippen LogP contribution >= 0.6 is 23.8 Å². The van der Waals surface area contributed by atoms with Gasteiger partial charge in [-0.15, -0.1) is 0 Å². The summed E-state index contributed by atoms with van der Waals surface area (Å²) in [7, 11) is 0. The minimum absolute atomic E-state index is 0.227. The molecule has 0 bridgehead atoms. The van der Waals surface area contributed by atoms with E-state index in [1.165, 1.54) is 0 Å². The number of aryl methyl sites for hydroxylation is 2. The van der Waals surface area contributed by atoms with Crippen LogP contribution in [0.3, 0.4) is 0 Å². The number of amides is 1. The lowest BCUT2D eigenvalue weighted by Gasteiger charge is -2.13. The number of hydrogen-bond acceptors (Lipinski definition) is 2. The number of rotatable bonds is 2. The number of carbonyl (C=O) groups excluding carboxylic acids is 1. The standard InChI is InChI=1S/C17H17ClN2OS/c1-10-7-8-13(11(2)9-10)16(21)20-17(22)19-15-6-4-5-14(18)12(15)3/h4-9H,1-3H3,(H2,19,20,21,22). The summed E-state index contributed by atoms with van der Waals surface area (Å²) in [5.74, 6) is -0.227. The molecule has 1 amide bonds. The van der Waals surface area contributed by atoms with Gasteiger partial charge in [0.25, 0.3) is 5.91 Å². The smallest absolute Gasteiger partial charge is 0.257 e. The van der Waals surface area contributed by atoms with E-state index in [9.17, 15) is 4.79 Å². The molecule has 0 aliphatic rings. The van der Waals surface area contributed by atoms with Crippen molar-refractivity contribution in [2.24, 2.45) is 0 Å². The molecule has 5 heteroatoms. The maximum absolute atomic E-state index is 12.3. The molecule has 2 rings (SSSR count). The molecule has 0 radical (unpaired) electrons. The number of nitrogens with one attached hydrogen (secondary N) is 2. The van der Waals surface area contributed by atoms with Crippen LogP contribution in [0.25, 0.3) is 0 Å². The Morgan fingerprint density at radius 2 is 1.86 bits per heavy atom. The minimum atomic E-state index is -0.227. The Bertz CT molecular complexity index is 743. The average molecular weight is 333 g/mol. The summed E-state index contributed by atoms with van der Waals surface area (Å²) in [6, 6.07) is 11.2. The van der Waals surface area contributed by atoms with Gasteiger partial charge in [0, 0.05) is 16.3 Å². The van der Waals surface area contributed by atoms with E-state index in [2.05, 4.69) is 10.6 Å². The highest BCUT2D eigenvalue weighted by Crippen LogP contribution is 2.22. The third-order valence-corrected chi connectivity index (χ3v) is 3.98. The first kappa shape index (κ1) is 16.5. The molecule has 2 aromatic carbocycles. The van der Waals surface area contributed by atoms with Crippen molar-refractivity contribution in [3.8, 4) is 0 Å². The van der Waals surface area contributed by atoms with Gasteiger partial charge in [-0.1, -0.05) is 35.4 Å². The molecule has 0 unspecified atom stereocenters. The zero-order valence-corrected chi connectivity index (χ0v) is 14.2. The highest BCUT2D eigenvalue weighted by molar-refractivity contribution is 7.80. The normalized spacial score (nSPS) is 10.2. The van der Waals surface area contributed by atoms with Gasteiger partial charge in [0.2, 0.25) is 0 Å². The van der Waals surface area contributed by atoms with Gasteiger partial charge in [0.1, 0.15) is 0 Å². The predicted octanol–water partition coefficient (Wildman–Crippen LogP) is 4.39. The van der Waals surface area contributed by atoms with E-state index >= 15 is 0 Å². The van der Waals surface area contributed by atoms with Gasteiger partial charge >= 0.3 is 0 Å². The van der Waals surface area contributed by atoms with Crippen molar-refractivity contribution < 1.29 is 4.79 Å². The van der Waals surface area contributed by atoms with Gasteiger partial charge in [-0.05, 0) is 62.3 Å². The molecular formula is C17H17ClN2OS. The van der Waals surface area contributed by atoms with Crippen molar-refractivity contribution in [2.45, 2.75) is 20.8 Å². The van der Waals surface area contributed by atoms with E-state index in [1.54, 1.807) is 12.1 Å². The maximum Gasteiger partial charge on any atom is 0.257 e. The van der Waals surface area contributed by atoms with Crippen LogP contribution in [0.4, 0.5) is 5.69 Å². The Labute approximate surface area is 140 Å². The molecule has 0 saturated carbocycles. The molecule has 0 aromatic heterocycles. The van der Waals surface area contributed by atoms with Crippen LogP contribution in [-0.4, -0.2) is 11.0 Å². The van der Waals surface area contributed by atoms with Crippen LogP contribution in [0, 0.1) is 20.8 Å². The lowest BCUT2D eigenvalue weighted by Crippen LogP contribution is -2.34. The number of thiocarbonyl (C=S) groups is 1. The van der Waals surface area contributed by atoms with Gasteiger partial charge in [-0.25, -0.2) is 0 Å². The van der Waals surface area contributed by atoms with E-state index in [4.69, 9.17) is 23.8 Å². The molecule has 0 heterocycles. The number of carbonyl (C=O) groups is 1. The van der Waals surface area contributed by atoms with Crippen molar-refractivity contribution in [3.05, 3.63) is 63.7 Å². The average Bonchev–Trinajstić information content (AvgIpc) is 2.43. The van der Waals surface area contributed by atoms with Crippen LogP contribution in [0.15, 0.2) is 36.4 Å². The highest BCUT2D eigenvalue weighted by atomic mass is 35.5. The Hall–Kier alpha value is -1.91. The van der Waals surface area contributed by atoms with Crippen molar-refractivity contribution >= 4 is 40.5 Å². The third-order valence-electron chi connectivity index (χ3n) is 3.37. The number of anilines is 1. The monoisotopic (exact) mass is 332 g/mol. The summed E-state index contributed by atoms with van der Waals surface area (Å²) in [5, 5.41) is 6.58. The lowest BCUT2D eigenvalue weighted by atomic mass is 10.1. The van der Waals surface area contributed by atoms with Gasteiger partial charge in [0.05, 0.1) is 0 Å². The number of halogens is 1. The first-order valence-electron chi connectivity index (χ1n) is 6.83. The first-order chi connectivity index (χ1) is 10.4. The fraction of sp³-hybridized carbons (Fsp3) is 0.176. The maximum atomic E-state index is 12.3. The molecule has 0 saturated heterocycles. The Morgan fingerprint density at radius 3 is 2.55 bits per heavy atom. The van der Waals surface area contributed by atoms with Gasteiger partial charge < -0.3 is 5.32 Å². The molecule has 0 fully saturated rings. The third kappa shape index (κ3) is 3.84. The molecular weight excluding hydrogens is 316 g/mol. The summed E-state index contributed by atoms with van der Waals surface area (Å²) in [5.41, 5.74) is 4.30. The second-order valence-corrected chi connectivity index (χ2v) is 5.95. The summed E-state index contributed by atoms with van der Waals surface area (Å²) in [6.45, 7) is 5.78. The van der Waals surface area contributed by atoms with Crippen LogP contribution < -0.4 is 10.6 Å².